The molecule has 0 bridgehead atoms. The summed E-state index contributed by atoms with van der Waals surface area (Å²) < 4.78 is 42.4. The van der Waals surface area contributed by atoms with Crippen LogP contribution in [0.3, 0.4) is 0 Å². The van der Waals surface area contributed by atoms with Crippen LogP contribution in [0.4, 0.5) is 23.8 Å². The van der Waals surface area contributed by atoms with Gasteiger partial charge in [-0.2, -0.15) is 18.3 Å². The van der Waals surface area contributed by atoms with Crippen LogP contribution in [-0.2, 0) is 10.9 Å². The van der Waals surface area contributed by atoms with Gasteiger partial charge in [-0.3, -0.25) is 0 Å². The van der Waals surface area contributed by atoms with Crippen molar-refractivity contribution in [2.45, 2.75) is 32.5 Å². The molecular weight excluding hydrogens is 239 g/mol. The van der Waals surface area contributed by atoms with E-state index in [2.05, 4.69) is 5.10 Å². The fraction of sp³-hybridized carbons (Fsp3) is 0.556. The van der Waals surface area contributed by atoms with Gasteiger partial charge in [0.1, 0.15) is 17.0 Å². The molecule has 0 amide bonds. The summed E-state index contributed by atoms with van der Waals surface area (Å²) in [7, 11) is 0. The maximum absolute atomic E-state index is 12.4. The van der Waals surface area contributed by atoms with Gasteiger partial charge in [-0.15, -0.1) is 4.68 Å². The summed E-state index contributed by atoms with van der Waals surface area (Å²) in [5.74, 6) is -0.785. The van der Waals surface area contributed by atoms with Crippen molar-refractivity contribution < 1.29 is 22.7 Å². The van der Waals surface area contributed by atoms with Crippen molar-refractivity contribution in [1.82, 2.24) is 9.78 Å². The molecule has 0 aliphatic carbocycles. The Morgan fingerprint density at radius 3 is 2.29 bits per heavy atom. The number of anilines is 1. The quantitative estimate of drug-likeness (QED) is 0.767. The third-order valence-electron chi connectivity index (χ3n) is 1.68. The molecule has 1 rings (SSSR count). The molecule has 96 valence electrons. The molecule has 0 aliphatic heterocycles. The van der Waals surface area contributed by atoms with E-state index in [1.165, 1.54) is 0 Å². The van der Waals surface area contributed by atoms with Crippen LogP contribution in [0.15, 0.2) is 6.20 Å². The Bertz CT molecular complexity index is 432. The number of hydrogen-bond acceptors (Lipinski definition) is 4. The van der Waals surface area contributed by atoms with Gasteiger partial charge in [-0.1, -0.05) is 0 Å². The largest absolute Gasteiger partial charge is 0.442 e. The molecular formula is C9H12F3N3O2. The van der Waals surface area contributed by atoms with Gasteiger partial charge in [0.2, 0.25) is 0 Å². The highest BCUT2D eigenvalue weighted by molar-refractivity contribution is 5.74. The number of nitrogen functional groups attached to an aromatic ring is 1. The van der Waals surface area contributed by atoms with Gasteiger partial charge in [0.05, 0.1) is 6.20 Å². The second-order valence-corrected chi connectivity index (χ2v) is 4.33. The third kappa shape index (κ3) is 3.11. The minimum absolute atomic E-state index is 0.383. The van der Waals surface area contributed by atoms with Gasteiger partial charge in [-0.25, -0.2) is 4.79 Å². The number of carbonyl (C=O) groups excluding carboxylic acids is 1. The van der Waals surface area contributed by atoms with Crippen molar-refractivity contribution >= 4 is 11.9 Å². The number of ether oxygens (including phenoxy) is 1. The van der Waals surface area contributed by atoms with Crippen molar-refractivity contribution in [3.8, 4) is 0 Å². The molecule has 17 heavy (non-hydrogen) atoms. The maximum Gasteiger partial charge on any atom is 0.437 e. The number of carbonyl (C=O) groups is 1. The van der Waals surface area contributed by atoms with Crippen LogP contribution >= 0.6 is 0 Å². The number of aromatic nitrogens is 2. The Balaban J connectivity index is 3.02. The van der Waals surface area contributed by atoms with E-state index < -0.39 is 29.3 Å². The van der Waals surface area contributed by atoms with Gasteiger partial charge in [0, 0.05) is 0 Å². The van der Waals surface area contributed by atoms with Crippen LogP contribution in [0.25, 0.3) is 0 Å². The van der Waals surface area contributed by atoms with E-state index in [0.29, 0.717) is 10.9 Å². The lowest BCUT2D eigenvalue weighted by molar-refractivity contribution is -0.136. The van der Waals surface area contributed by atoms with Crippen LogP contribution in [0.1, 0.15) is 26.3 Å². The molecule has 5 nitrogen and oxygen atoms in total. The first-order valence-electron chi connectivity index (χ1n) is 4.66. The topological polar surface area (TPSA) is 70.1 Å². The van der Waals surface area contributed by atoms with E-state index in [9.17, 15) is 18.0 Å². The van der Waals surface area contributed by atoms with Crippen molar-refractivity contribution in [2.24, 2.45) is 0 Å². The summed E-state index contributed by atoms with van der Waals surface area (Å²) in [5.41, 5.74) is 3.19. The molecule has 0 saturated heterocycles. The standard InChI is InChI=1S/C9H12F3N3O2/c1-8(2,3)17-7(16)15-6(13)5(4-14-15)9(10,11)12/h4H,13H2,1-3H3. The molecule has 0 spiro atoms. The Morgan fingerprint density at radius 1 is 1.41 bits per heavy atom. The minimum atomic E-state index is -4.65. The average molecular weight is 251 g/mol. The highest BCUT2D eigenvalue weighted by atomic mass is 19.4. The molecule has 0 aliphatic rings. The lowest BCUT2D eigenvalue weighted by atomic mass is 10.2. The van der Waals surface area contributed by atoms with E-state index in [-0.39, 0.29) is 0 Å². The highest BCUT2D eigenvalue weighted by Gasteiger charge is 2.37. The van der Waals surface area contributed by atoms with Crippen molar-refractivity contribution in [3.05, 3.63) is 11.8 Å². The number of hydrogen-bond donors (Lipinski definition) is 1. The summed E-state index contributed by atoms with van der Waals surface area (Å²) in [4.78, 5) is 11.5. The van der Waals surface area contributed by atoms with Gasteiger partial charge in [0.15, 0.2) is 0 Å². The summed E-state index contributed by atoms with van der Waals surface area (Å²) in [6.07, 6.45) is -5.21. The molecule has 1 heterocycles. The smallest absolute Gasteiger partial charge is 0.437 e. The van der Waals surface area contributed by atoms with Crippen LogP contribution in [0.2, 0.25) is 0 Å². The van der Waals surface area contributed by atoms with Crippen molar-refractivity contribution in [2.75, 3.05) is 5.73 Å². The average Bonchev–Trinajstić information content (AvgIpc) is 2.42. The predicted molar refractivity (Wildman–Crippen MR) is 53.3 cm³/mol. The first kappa shape index (κ1) is 13.3. The summed E-state index contributed by atoms with van der Waals surface area (Å²) in [6.45, 7) is 4.74. The molecule has 0 fully saturated rings. The van der Waals surface area contributed by atoms with Crippen LogP contribution in [0, 0.1) is 0 Å². The fourth-order valence-electron chi connectivity index (χ4n) is 1.03. The normalized spacial score (nSPS) is 12.6. The summed E-state index contributed by atoms with van der Waals surface area (Å²) in [5, 5.41) is 3.26. The zero-order valence-corrected chi connectivity index (χ0v) is 9.50. The molecule has 1 aromatic heterocycles. The number of nitrogens with two attached hydrogens (primary N) is 1. The van der Waals surface area contributed by atoms with Crippen molar-refractivity contribution in [1.29, 1.82) is 0 Å². The Morgan fingerprint density at radius 2 is 1.94 bits per heavy atom. The van der Waals surface area contributed by atoms with E-state index in [1.807, 2.05) is 0 Å². The molecule has 0 atom stereocenters. The molecule has 0 aromatic carbocycles. The fourth-order valence-corrected chi connectivity index (χ4v) is 1.03. The zero-order valence-electron chi connectivity index (χ0n) is 9.50. The van der Waals surface area contributed by atoms with Gasteiger partial charge in [-0.05, 0) is 20.8 Å². The highest BCUT2D eigenvalue weighted by Crippen LogP contribution is 2.33. The number of nitrogens with zero attached hydrogens (tertiary/aromatic N) is 2. The summed E-state index contributed by atoms with van der Waals surface area (Å²) >= 11 is 0. The van der Waals surface area contributed by atoms with Crippen LogP contribution < -0.4 is 5.73 Å². The van der Waals surface area contributed by atoms with Gasteiger partial charge >= 0.3 is 12.3 Å². The van der Waals surface area contributed by atoms with Crippen molar-refractivity contribution in [3.63, 3.8) is 0 Å². The molecule has 8 heteroatoms. The van der Waals surface area contributed by atoms with E-state index in [0.717, 1.165) is 0 Å². The lowest BCUT2D eigenvalue weighted by Crippen LogP contribution is -2.28. The lowest BCUT2D eigenvalue weighted by Gasteiger charge is -2.19. The monoisotopic (exact) mass is 251 g/mol. The first-order chi connectivity index (χ1) is 7.52. The van der Waals surface area contributed by atoms with E-state index in [4.69, 9.17) is 10.5 Å². The Kier molecular flexibility index (Phi) is 3.09. The number of halogens is 3. The van der Waals surface area contributed by atoms with Crippen LogP contribution in [-0.4, -0.2) is 21.5 Å². The Hall–Kier alpha value is -1.73. The van der Waals surface area contributed by atoms with Crippen LogP contribution in [0.5, 0.6) is 0 Å². The predicted octanol–water partition coefficient (Wildman–Crippen LogP) is 2.27. The van der Waals surface area contributed by atoms with Gasteiger partial charge in [0.25, 0.3) is 0 Å². The molecule has 0 saturated carbocycles. The number of rotatable bonds is 0. The maximum atomic E-state index is 12.4. The minimum Gasteiger partial charge on any atom is -0.442 e. The molecule has 0 radical (unpaired) electrons. The molecule has 1 aromatic rings. The zero-order chi connectivity index (χ0) is 13.4. The Labute approximate surface area is 95.3 Å². The second kappa shape index (κ2) is 3.94. The first-order valence-corrected chi connectivity index (χ1v) is 4.66. The second-order valence-electron chi connectivity index (χ2n) is 4.33. The van der Waals surface area contributed by atoms with E-state index in [1.54, 1.807) is 20.8 Å². The molecule has 0 unspecified atom stereocenters. The SMILES string of the molecule is CC(C)(C)OC(=O)n1ncc(C(F)(F)F)c1N. The van der Waals surface area contributed by atoms with Gasteiger partial charge < -0.3 is 10.5 Å². The third-order valence-corrected chi connectivity index (χ3v) is 1.68. The summed E-state index contributed by atoms with van der Waals surface area (Å²) in [6, 6.07) is 0. The van der Waals surface area contributed by atoms with E-state index >= 15 is 0 Å². The number of alkyl halides is 3. The molecule has 2 N–H and O–H groups in total.